The summed E-state index contributed by atoms with van der Waals surface area (Å²) < 4.78 is 46.9. The molecule has 2 aromatic rings. The van der Waals surface area contributed by atoms with Crippen molar-refractivity contribution in [2.45, 2.75) is 11.4 Å². The fraction of sp³-hybridized carbons (Fsp3) is 0.250. The number of anilines is 1. The van der Waals surface area contributed by atoms with Crippen molar-refractivity contribution in [2.75, 3.05) is 26.6 Å². The first-order valence-corrected chi connectivity index (χ1v) is 8.43. The Labute approximate surface area is 140 Å². The third kappa shape index (κ3) is 4.09. The average Bonchev–Trinajstić information content (AvgIpc) is 2.58. The van der Waals surface area contributed by atoms with Gasteiger partial charge >= 0.3 is 0 Å². The van der Waals surface area contributed by atoms with Gasteiger partial charge in [-0.15, -0.1) is 0 Å². The van der Waals surface area contributed by atoms with Gasteiger partial charge in [-0.25, -0.2) is 0 Å². The van der Waals surface area contributed by atoms with Crippen LogP contribution in [-0.2, 0) is 16.7 Å². The van der Waals surface area contributed by atoms with Crippen LogP contribution in [0.1, 0.15) is 5.56 Å². The van der Waals surface area contributed by atoms with Crippen LogP contribution in [0.3, 0.4) is 0 Å². The van der Waals surface area contributed by atoms with E-state index in [0.717, 1.165) is 5.56 Å². The third-order valence-corrected chi connectivity index (χ3v) is 4.24. The van der Waals surface area contributed by atoms with Crippen LogP contribution >= 0.6 is 0 Å². The molecule has 2 aromatic carbocycles. The molecule has 2 rings (SSSR count). The van der Waals surface area contributed by atoms with E-state index in [1.165, 1.54) is 19.2 Å². The van der Waals surface area contributed by atoms with Crippen molar-refractivity contribution >= 4 is 15.8 Å². The van der Waals surface area contributed by atoms with Crippen LogP contribution < -0.4 is 19.5 Å². The molecule has 0 saturated carbocycles. The lowest BCUT2D eigenvalue weighted by molar-refractivity contribution is 0.324. The summed E-state index contributed by atoms with van der Waals surface area (Å²) in [5.74, 6) is 1.62. The first kappa shape index (κ1) is 17.9. The van der Waals surface area contributed by atoms with Crippen molar-refractivity contribution in [2.24, 2.45) is 0 Å². The van der Waals surface area contributed by atoms with E-state index in [1.807, 2.05) is 12.1 Å². The fourth-order valence-corrected chi connectivity index (χ4v) is 2.67. The Hall–Kier alpha value is -2.45. The first-order valence-electron chi connectivity index (χ1n) is 6.99. The Morgan fingerprint density at radius 3 is 1.92 bits per heavy atom. The molecular weight excluding hydrogens is 334 g/mol. The maximum atomic E-state index is 11.0. The Morgan fingerprint density at radius 2 is 1.50 bits per heavy atom. The Kier molecular flexibility index (Phi) is 5.53. The molecule has 0 unspecified atom stereocenters. The second-order valence-electron chi connectivity index (χ2n) is 4.89. The topological polar surface area (TPSA) is 94.1 Å². The summed E-state index contributed by atoms with van der Waals surface area (Å²) in [6.45, 7) is 0.460. The van der Waals surface area contributed by atoms with Crippen molar-refractivity contribution in [1.29, 1.82) is 0 Å². The maximum Gasteiger partial charge on any atom is 0.294 e. The summed E-state index contributed by atoms with van der Waals surface area (Å²) in [5, 5.41) is 3.15. The van der Waals surface area contributed by atoms with E-state index in [0.29, 0.717) is 29.5 Å². The second-order valence-corrected chi connectivity index (χ2v) is 6.31. The van der Waals surface area contributed by atoms with Gasteiger partial charge < -0.3 is 19.5 Å². The van der Waals surface area contributed by atoms with Crippen LogP contribution in [0, 0.1) is 0 Å². The van der Waals surface area contributed by atoms with Crippen LogP contribution in [0.4, 0.5) is 5.69 Å². The standard InChI is InChI=1S/C16H19NO6S/c1-21-14-8-11(9-15(22-2)16(14)23-3)10-17-12-4-6-13(7-5-12)24(18,19)20/h4-9,17H,10H2,1-3H3,(H,18,19,20). The van der Waals surface area contributed by atoms with Gasteiger partial charge in [0, 0.05) is 12.2 Å². The highest BCUT2D eigenvalue weighted by molar-refractivity contribution is 7.85. The van der Waals surface area contributed by atoms with Crippen molar-refractivity contribution in [3.05, 3.63) is 42.0 Å². The average molecular weight is 353 g/mol. The van der Waals surface area contributed by atoms with E-state index in [4.69, 9.17) is 18.8 Å². The molecule has 0 atom stereocenters. The van der Waals surface area contributed by atoms with E-state index >= 15 is 0 Å². The molecule has 0 amide bonds. The van der Waals surface area contributed by atoms with E-state index in [1.54, 1.807) is 26.4 Å². The van der Waals surface area contributed by atoms with Gasteiger partial charge in [0.25, 0.3) is 10.1 Å². The summed E-state index contributed by atoms with van der Waals surface area (Å²) in [7, 11) is 0.438. The first-order chi connectivity index (χ1) is 11.4. The van der Waals surface area contributed by atoms with E-state index in [9.17, 15) is 8.42 Å². The zero-order valence-electron chi connectivity index (χ0n) is 13.6. The molecule has 0 saturated heterocycles. The van der Waals surface area contributed by atoms with Gasteiger partial charge in [-0.05, 0) is 42.0 Å². The van der Waals surface area contributed by atoms with Crippen LogP contribution in [0.2, 0.25) is 0 Å². The monoisotopic (exact) mass is 353 g/mol. The van der Waals surface area contributed by atoms with Crippen LogP contribution in [0.15, 0.2) is 41.3 Å². The van der Waals surface area contributed by atoms with Gasteiger partial charge in [0.15, 0.2) is 11.5 Å². The second kappa shape index (κ2) is 7.41. The molecule has 0 aliphatic heterocycles. The Balaban J connectivity index is 2.17. The molecule has 0 bridgehead atoms. The minimum atomic E-state index is -4.19. The summed E-state index contributed by atoms with van der Waals surface area (Å²) >= 11 is 0. The summed E-state index contributed by atoms with van der Waals surface area (Å²) in [6.07, 6.45) is 0. The molecule has 24 heavy (non-hydrogen) atoms. The molecule has 2 N–H and O–H groups in total. The molecular formula is C16H19NO6S. The molecule has 0 heterocycles. The number of benzene rings is 2. The van der Waals surface area contributed by atoms with Crippen molar-refractivity contribution in [3.8, 4) is 17.2 Å². The van der Waals surface area contributed by atoms with Gasteiger partial charge in [-0.3, -0.25) is 4.55 Å². The highest BCUT2D eigenvalue weighted by Gasteiger charge is 2.13. The number of nitrogens with one attached hydrogen (secondary N) is 1. The van der Waals surface area contributed by atoms with Crippen LogP contribution in [-0.4, -0.2) is 34.3 Å². The predicted octanol–water partition coefficient (Wildman–Crippen LogP) is 2.57. The van der Waals surface area contributed by atoms with Gasteiger partial charge in [0.1, 0.15) is 0 Å². The molecule has 8 heteroatoms. The molecule has 0 aliphatic rings. The lowest BCUT2D eigenvalue weighted by Gasteiger charge is -2.15. The minimum Gasteiger partial charge on any atom is -0.493 e. The van der Waals surface area contributed by atoms with Crippen molar-refractivity contribution < 1.29 is 27.2 Å². The Morgan fingerprint density at radius 1 is 0.958 bits per heavy atom. The zero-order chi connectivity index (χ0) is 17.7. The molecule has 130 valence electrons. The molecule has 0 aromatic heterocycles. The smallest absolute Gasteiger partial charge is 0.294 e. The molecule has 7 nitrogen and oxygen atoms in total. The normalized spacial score (nSPS) is 11.0. The largest absolute Gasteiger partial charge is 0.493 e. The summed E-state index contributed by atoms with van der Waals surface area (Å²) in [6, 6.07) is 9.43. The highest BCUT2D eigenvalue weighted by atomic mass is 32.2. The molecule has 0 aliphatic carbocycles. The maximum absolute atomic E-state index is 11.0. The van der Waals surface area contributed by atoms with Crippen LogP contribution in [0.5, 0.6) is 17.2 Å². The van der Waals surface area contributed by atoms with Crippen molar-refractivity contribution in [3.63, 3.8) is 0 Å². The van der Waals surface area contributed by atoms with Gasteiger partial charge in [-0.2, -0.15) is 8.42 Å². The highest BCUT2D eigenvalue weighted by Crippen LogP contribution is 2.38. The number of rotatable bonds is 7. The fourth-order valence-electron chi connectivity index (χ4n) is 2.19. The summed E-state index contributed by atoms with van der Waals surface area (Å²) in [5.41, 5.74) is 1.60. The molecule has 0 spiro atoms. The number of methoxy groups -OCH3 is 3. The number of ether oxygens (including phenoxy) is 3. The van der Waals surface area contributed by atoms with Gasteiger partial charge in [0.2, 0.25) is 5.75 Å². The van der Waals surface area contributed by atoms with Gasteiger partial charge in [-0.1, -0.05) is 0 Å². The Bertz CT molecular complexity index is 777. The van der Waals surface area contributed by atoms with Crippen LogP contribution in [0.25, 0.3) is 0 Å². The van der Waals surface area contributed by atoms with E-state index in [-0.39, 0.29) is 4.90 Å². The quantitative estimate of drug-likeness (QED) is 0.739. The van der Waals surface area contributed by atoms with E-state index in [2.05, 4.69) is 5.32 Å². The zero-order valence-corrected chi connectivity index (χ0v) is 14.4. The number of hydrogen-bond donors (Lipinski definition) is 2. The number of hydrogen-bond acceptors (Lipinski definition) is 6. The predicted molar refractivity (Wildman–Crippen MR) is 89.7 cm³/mol. The van der Waals surface area contributed by atoms with E-state index < -0.39 is 10.1 Å². The lowest BCUT2D eigenvalue weighted by Crippen LogP contribution is -2.03. The minimum absolute atomic E-state index is 0.152. The summed E-state index contributed by atoms with van der Waals surface area (Å²) in [4.78, 5) is -0.152. The molecule has 0 radical (unpaired) electrons. The third-order valence-electron chi connectivity index (χ3n) is 3.37. The SMILES string of the molecule is COc1cc(CNc2ccc(S(=O)(=O)O)cc2)cc(OC)c1OC. The lowest BCUT2D eigenvalue weighted by atomic mass is 10.1. The van der Waals surface area contributed by atoms with Crippen molar-refractivity contribution in [1.82, 2.24) is 0 Å². The van der Waals surface area contributed by atoms with Gasteiger partial charge in [0.05, 0.1) is 26.2 Å². The molecule has 0 fully saturated rings.